The van der Waals surface area contributed by atoms with Crippen molar-refractivity contribution in [2.24, 2.45) is 0 Å². The molecular weight excluding hydrogens is 340 g/mol. The van der Waals surface area contributed by atoms with Gasteiger partial charge in [0.25, 0.3) is 0 Å². The summed E-state index contributed by atoms with van der Waals surface area (Å²) in [6, 6.07) is 6.80. The molecule has 1 atom stereocenters. The second-order valence-corrected chi connectivity index (χ2v) is 7.04. The van der Waals surface area contributed by atoms with Gasteiger partial charge in [0.1, 0.15) is 13.2 Å². The molecule has 0 bridgehead atoms. The van der Waals surface area contributed by atoms with Crippen molar-refractivity contribution in [3.05, 3.63) is 53.6 Å². The fourth-order valence-corrected chi connectivity index (χ4v) is 3.59. The monoisotopic (exact) mass is 355 g/mol. The number of sulfonamides is 1. The Bertz CT molecular complexity index is 870. The van der Waals surface area contributed by atoms with E-state index in [1.54, 1.807) is 6.92 Å². The van der Waals surface area contributed by atoms with E-state index >= 15 is 0 Å². The third-order valence-corrected chi connectivity index (χ3v) is 5.14. The van der Waals surface area contributed by atoms with Gasteiger partial charge in [0.15, 0.2) is 23.1 Å². The lowest BCUT2D eigenvalue weighted by atomic mass is 10.1. The van der Waals surface area contributed by atoms with Crippen molar-refractivity contribution < 1.29 is 26.7 Å². The molecule has 5 nitrogen and oxygen atoms in total. The molecule has 0 radical (unpaired) electrons. The van der Waals surface area contributed by atoms with Crippen LogP contribution in [0, 0.1) is 11.6 Å². The van der Waals surface area contributed by atoms with Crippen molar-refractivity contribution in [1.82, 2.24) is 4.72 Å². The predicted molar refractivity (Wildman–Crippen MR) is 82.5 cm³/mol. The molecule has 0 fully saturated rings. The van der Waals surface area contributed by atoms with Crippen LogP contribution in [-0.2, 0) is 10.0 Å². The van der Waals surface area contributed by atoms with Crippen LogP contribution in [-0.4, -0.2) is 21.6 Å². The largest absolute Gasteiger partial charge is 0.486 e. The van der Waals surface area contributed by atoms with Gasteiger partial charge in [-0.3, -0.25) is 0 Å². The summed E-state index contributed by atoms with van der Waals surface area (Å²) < 4.78 is 64.4. The normalized spacial score (nSPS) is 15.1. The zero-order chi connectivity index (χ0) is 17.3. The third-order valence-electron chi connectivity index (χ3n) is 3.60. The molecule has 0 saturated carbocycles. The van der Waals surface area contributed by atoms with Gasteiger partial charge in [-0.1, -0.05) is 6.07 Å². The number of nitrogens with one attached hydrogen (secondary N) is 1. The number of ether oxygens (including phenoxy) is 2. The van der Waals surface area contributed by atoms with Crippen LogP contribution in [0.5, 0.6) is 11.5 Å². The molecule has 1 aliphatic rings. The van der Waals surface area contributed by atoms with E-state index < -0.39 is 27.7 Å². The molecule has 8 heteroatoms. The van der Waals surface area contributed by atoms with Gasteiger partial charge in [-0.05, 0) is 36.8 Å². The number of fused-ring (bicyclic) bond motifs is 1. The molecule has 24 heavy (non-hydrogen) atoms. The number of rotatable bonds is 4. The molecule has 0 amide bonds. The van der Waals surface area contributed by atoms with Crippen LogP contribution < -0.4 is 14.2 Å². The van der Waals surface area contributed by atoms with Crippen LogP contribution in [0.25, 0.3) is 0 Å². The van der Waals surface area contributed by atoms with E-state index in [0.717, 1.165) is 12.1 Å². The van der Waals surface area contributed by atoms with Gasteiger partial charge in [-0.15, -0.1) is 0 Å². The van der Waals surface area contributed by atoms with Gasteiger partial charge in [0.05, 0.1) is 4.90 Å². The topological polar surface area (TPSA) is 64.6 Å². The Kier molecular flexibility index (Phi) is 4.42. The lowest BCUT2D eigenvalue weighted by molar-refractivity contribution is 0.171. The second-order valence-electron chi connectivity index (χ2n) is 5.32. The molecule has 0 aromatic heterocycles. The molecule has 2 aromatic rings. The van der Waals surface area contributed by atoms with Gasteiger partial charge >= 0.3 is 0 Å². The molecule has 128 valence electrons. The van der Waals surface area contributed by atoms with Gasteiger partial charge in [0, 0.05) is 12.1 Å². The first kappa shape index (κ1) is 16.7. The molecule has 0 unspecified atom stereocenters. The van der Waals surface area contributed by atoms with E-state index in [-0.39, 0.29) is 4.90 Å². The number of hydrogen-bond donors (Lipinski definition) is 1. The average molecular weight is 355 g/mol. The van der Waals surface area contributed by atoms with Gasteiger partial charge in [0.2, 0.25) is 10.0 Å². The van der Waals surface area contributed by atoms with E-state index in [0.29, 0.717) is 30.3 Å². The second kappa shape index (κ2) is 6.37. The molecule has 0 spiro atoms. The minimum Gasteiger partial charge on any atom is -0.486 e. The molecule has 1 N–H and O–H groups in total. The smallest absolute Gasteiger partial charge is 0.241 e. The molecule has 0 aliphatic carbocycles. The lowest BCUT2D eigenvalue weighted by Gasteiger charge is -2.20. The Hall–Kier alpha value is -2.19. The Morgan fingerprint density at radius 3 is 2.42 bits per heavy atom. The van der Waals surface area contributed by atoms with Gasteiger partial charge in [-0.2, -0.15) is 0 Å². The summed E-state index contributed by atoms with van der Waals surface area (Å²) in [5.41, 5.74) is 0.315. The molecule has 2 aromatic carbocycles. The van der Waals surface area contributed by atoms with Crippen molar-refractivity contribution in [1.29, 1.82) is 0 Å². The summed E-state index contributed by atoms with van der Waals surface area (Å²) >= 11 is 0. The standard InChI is InChI=1S/C16H15F2NO4S/c1-10(11-2-4-13(17)14(18)8-11)19-24(20,21)12-3-5-15-16(9-12)23-7-6-22-15/h2-5,8-10,19H,6-7H2,1H3/t10-/m0/s1. The van der Waals surface area contributed by atoms with Crippen molar-refractivity contribution in [3.63, 3.8) is 0 Å². The summed E-state index contributed by atoms with van der Waals surface area (Å²) in [4.78, 5) is 0.00110. The van der Waals surface area contributed by atoms with Gasteiger partial charge in [-0.25, -0.2) is 21.9 Å². The Balaban J connectivity index is 1.84. The number of halogens is 2. The fourth-order valence-electron chi connectivity index (χ4n) is 2.34. The SMILES string of the molecule is C[C@H](NS(=O)(=O)c1ccc2c(c1)OCCO2)c1ccc(F)c(F)c1. The lowest BCUT2D eigenvalue weighted by Crippen LogP contribution is -2.27. The summed E-state index contributed by atoms with van der Waals surface area (Å²) in [5, 5.41) is 0. The average Bonchev–Trinajstić information content (AvgIpc) is 2.56. The maximum atomic E-state index is 13.3. The van der Waals surface area contributed by atoms with Crippen molar-refractivity contribution in [2.45, 2.75) is 17.9 Å². The Morgan fingerprint density at radius 1 is 1.00 bits per heavy atom. The minimum absolute atomic E-state index is 0.00110. The fraction of sp³-hybridized carbons (Fsp3) is 0.250. The van der Waals surface area contributed by atoms with Crippen LogP contribution in [0.15, 0.2) is 41.3 Å². The highest BCUT2D eigenvalue weighted by Gasteiger charge is 2.22. The van der Waals surface area contributed by atoms with E-state index in [4.69, 9.17) is 9.47 Å². The summed E-state index contributed by atoms with van der Waals surface area (Å²) in [6.45, 7) is 2.29. The van der Waals surface area contributed by atoms with Crippen LogP contribution >= 0.6 is 0 Å². The summed E-state index contributed by atoms with van der Waals surface area (Å²) in [7, 11) is -3.87. The molecule has 0 saturated heterocycles. The van der Waals surface area contributed by atoms with E-state index in [1.165, 1.54) is 24.3 Å². The highest BCUT2D eigenvalue weighted by atomic mass is 32.2. The first-order valence-electron chi connectivity index (χ1n) is 7.24. The van der Waals surface area contributed by atoms with Crippen LogP contribution in [0.3, 0.4) is 0 Å². The number of hydrogen-bond acceptors (Lipinski definition) is 4. The zero-order valence-corrected chi connectivity index (χ0v) is 13.6. The quantitative estimate of drug-likeness (QED) is 0.916. The highest BCUT2D eigenvalue weighted by molar-refractivity contribution is 7.89. The van der Waals surface area contributed by atoms with Crippen LogP contribution in [0.2, 0.25) is 0 Å². The van der Waals surface area contributed by atoms with Crippen molar-refractivity contribution >= 4 is 10.0 Å². The Labute approximate surface area is 138 Å². The summed E-state index contributed by atoms with van der Waals surface area (Å²) in [5.74, 6) is -1.18. The molecule has 1 aliphatic heterocycles. The molecule has 1 heterocycles. The Morgan fingerprint density at radius 2 is 1.71 bits per heavy atom. The van der Waals surface area contributed by atoms with Gasteiger partial charge < -0.3 is 9.47 Å². The molecular formula is C16H15F2NO4S. The minimum atomic E-state index is -3.87. The summed E-state index contributed by atoms with van der Waals surface area (Å²) in [6.07, 6.45) is 0. The molecule has 3 rings (SSSR count). The first-order chi connectivity index (χ1) is 11.4. The van der Waals surface area contributed by atoms with Crippen molar-refractivity contribution in [2.75, 3.05) is 13.2 Å². The van der Waals surface area contributed by atoms with Crippen molar-refractivity contribution in [3.8, 4) is 11.5 Å². The maximum absolute atomic E-state index is 13.3. The van der Waals surface area contributed by atoms with Crippen LogP contribution in [0.4, 0.5) is 8.78 Å². The predicted octanol–water partition coefficient (Wildman–Crippen LogP) is 2.78. The third kappa shape index (κ3) is 3.34. The van der Waals surface area contributed by atoms with E-state index in [1.807, 2.05) is 0 Å². The zero-order valence-electron chi connectivity index (χ0n) is 12.8. The van der Waals surface area contributed by atoms with Crippen LogP contribution in [0.1, 0.15) is 18.5 Å². The van der Waals surface area contributed by atoms with E-state index in [2.05, 4.69) is 4.72 Å². The first-order valence-corrected chi connectivity index (χ1v) is 8.72. The maximum Gasteiger partial charge on any atom is 0.241 e. The number of benzene rings is 2. The van der Waals surface area contributed by atoms with E-state index in [9.17, 15) is 17.2 Å². The highest BCUT2D eigenvalue weighted by Crippen LogP contribution is 2.32.